The van der Waals surface area contributed by atoms with E-state index in [1.807, 2.05) is 43.5 Å². The minimum atomic E-state index is -0.363. The van der Waals surface area contributed by atoms with E-state index < -0.39 is 0 Å². The van der Waals surface area contributed by atoms with Crippen LogP contribution in [0, 0.1) is 0 Å². The van der Waals surface area contributed by atoms with Crippen LogP contribution >= 0.6 is 15.9 Å². The predicted octanol–water partition coefficient (Wildman–Crippen LogP) is 3.65. The van der Waals surface area contributed by atoms with Crippen LogP contribution in [-0.2, 0) is 23.8 Å². The van der Waals surface area contributed by atoms with Crippen LogP contribution in [0.4, 0.5) is 0 Å². The van der Waals surface area contributed by atoms with Crippen molar-refractivity contribution in [2.24, 2.45) is 7.05 Å². The molecule has 1 aromatic carbocycles. The lowest BCUT2D eigenvalue weighted by atomic mass is 9.77. The largest absolute Gasteiger partial charge is 0.341 e. The van der Waals surface area contributed by atoms with Gasteiger partial charge in [0.25, 0.3) is 0 Å². The number of nitrogens with zero attached hydrogens (tertiary/aromatic N) is 3. The molecule has 0 atom stereocenters. The normalized spacial score (nSPS) is 16.5. The zero-order valence-corrected chi connectivity index (χ0v) is 15.2. The fourth-order valence-electron chi connectivity index (χ4n) is 3.64. The number of aromatic nitrogens is 2. The molecule has 0 unspecified atom stereocenters. The molecular formula is C18H22BrN3O. The molecule has 122 valence electrons. The number of amides is 1. The third-order valence-corrected chi connectivity index (χ3v) is 5.32. The highest BCUT2D eigenvalue weighted by Gasteiger charge is 2.44. The van der Waals surface area contributed by atoms with Gasteiger partial charge >= 0.3 is 0 Å². The number of likely N-dealkylation sites (N-methyl/N-ethyl adjacent to an activating group) is 1. The van der Waals surface area contributed by atoms with E-state index in [0.717, 1.165) is 41.3 Å². The van der Waals surface area contributed by atoms with Gasteiger partial charge in [0.15, 0.2) is 0 Å². The van der Waals surface area contributed by atoms with E-state index >= 15 is 0 Å². The lowest BCUT2D eigenvalue weighted by molar-refractivity contribution is -0.136. The smallest absolute Gasteiger partial charge is 0.233 e. The van der Waals surface area contributed by atoms with Crippen molar-refractivity contribution in [3.05, 3.63) is 52.3 Å². The Morgan fingerprint density at radius 1 is 1.30 bits per heavy atom. The van der Waals surface area contributed by atoms with Crippen LogP contribution < -0.4 is 0 Å². The fraction of sp³-hybridized carbons (Fsp3) is 0.444. The number of hydrogen-bond donors (Lipinski definition) is 0. The molecule has 0 bridgehead atoms. The van der Waals surface area contributed by atoms with Gasteiger partial charge in [0.2, 0.25) is 5.91 Å². The third-order valence-electron chi connectivity index (χ3n) is 4.79. The lowest BCUT2D eigenvalue weighted by Crippen LogP contribution is -2.43. The highest BCUT2D eigenvalue weighted by Crippen LogP contribution is 2.43. The Labute approximate surface area is 145 Å². The molecule has 0 aliphatic heterocycles. The Morgan fingerprint density at radius 2 is 1.96 bits per heavy atom. The van der Waals surface area contributed by atoms with Crippen molar-refractivity contribution in [3.8, 4) is 0 Å². The molecule has 23 heavy (non-hydrogen) atoms. The number of halogens is 1. The first-order chi connectivity index (χ1) is 11.0. The molecule has 5 heteroatoms. The highest BCUT2D eigenvalue weighted by molar-refractivity contribution is 9.10. The Morgan fingerprint density at radius 3 is 2.52 bits per heavy atom. The maximum Gasteiger partial charge on any atom is 0.233 e. The summed E-state index contributed by atoms with van der Waals surface area (Å²) in [5, 5.41) is 4.19. The van der Waals surface area contributed by atoms with Gasteiger partial charge in [-0.3, -0.25) is 9.48 Å². The van der Waals surface area contributed by atoms with Crippen molar-refractivity contribution in [2.45, 2.75) is 37.6 Å². The maximum atomic E-state index is 13.3. The first-order valence-corrected chi connectivity index (χ1v) is 8.80. The van der Waals surface area contributed by atoms with Gasteiger partial charge in [0.05, 0.1) is 11.6 Å². The summed E-state index contributed by atoms with van der Waals surface area (Å²) in [6.07, 6.45) is 7.89. The van der Waals surface area contributed by atoms with Gasteiger partial charge in [-0.15, -0.1) is 0 Å². The van der Waals surface area contributed by atoms with Crippen molar-refractivity contribution in [1.82, 2.24) is 14.7 Å². The van der Waals surface area contributed by atoms with Gasteiger partial charge in [0, 0.05) is 36.9 Å². The topological polar surface area (TPSA) is 38.1 Å². The van der Waals surface area contributed by atoms with E-state index in [2.05, 4.69) is 33.2 Å². The number of rotatable bonds is 4. The maximum absolute atomic E-state index is 13.3. The second-order valence-electron chi connectivity index (χ2n) is 6.48. The second-order valence-corrected chi connectivity index (χ2v) is 7.40. The van der Waals surface area contributed by atoms with Gasteiger partial charge in [-0.05, 0) is 30.5 Å². The summed E-state index contributed by atoms with van der Waals surface area (Å²) in [5.74, 6) is 0.223. The number of hydrogen-bond acceptors (Lipinski definition) is 2. The summed E-state index contributed by atoms with van der Waals surface area (Å²) < 4.78 is 2.82. The average molecular weight is 376 g/mol. The molecule has 0 radical (unpaired) electrons. The molecule has 0 saturated heterocycles. The summed E-state index contributed by atoms with van der Waals surface area (Å²) in [4.78, 5) is 15.1. The van der Waals surface area contributed by atoms with E-state index in [4.69, 9.17) is 0 Å². The van der Waals surface area contributed by atoms with Crippen LogP contribution in [0.15, 0.2) is 41.1 Å². The Bertz CT molecular complexity index is 687. The molecule has 1 amide bonds. The van der Waals surface area contributed by atoms with Gasteiger partial charge in [-0.1, -0.05) is 40.9 Å². The summed E-state index contributed by atoms with van der Waals surface area (Å²) in [6, 6.07) is 8.24. The minimum absolute atomic E-state index is 0.223. The Balaban J connectivity index is 1.85. The molecule has 1 aliphatic carbocycles. The van der Waals surface area contributed by atoms with Crippen LogP contribution in [-0.4, -0.2) is 27.6 Å². The van der Waals surface area contributed by atoms with Gasteiger partial charge in [-0.2, -0.15) is 5.10 Å². The van der Waals surface area contributed by atoms with Crippen molar-refractivity contribution in [2.75, 3.05) is 7.05 Å². The van der Waals surface area contributed by atoms with Gasteiger partial charge in [-0.25, -0.2) is 0 Å². The minimum Gasteiger partial charge on any atom is -0.341 e. The van der Waals surface area contributed by atoms with Crippen LogP contribution in [0.25, 0.3) is 0 Å². The number of carbonyl (C=O) groups is 1. The SMILES string of the molecule is CN(Cc1cnn(C)c1)C(=O)C1(c2ccc(Br)cc2)CCCC1. The number of aryl methyl sites for hydroxylation is 1. The van der Waals surface area contributed by atoms with E-state index in [1.165, 1.54) is 0 Å². The van der Waals surface area contributed by atoms with E-state index in [-0.39, 0.29) is 11.3 Å². The number of benzene rings is 1. The van der Waals surface area contributed by atoms with E-state index in [9.17, 15) is 4.79 Å². The first-order valence-electron chi connectivity index (χ1n) is 8.00. The summed E-state index contributed by atoms with van der Waals surface area (Å²) in [7, 11) is 3.79. The van der Waals surface area contributed by atoms with Crippen LogP contribution in [0.3, 0.4) is 0 Å². The summed E-state index contributed by atoms with van der Waals surface area (Å²) in [6.45, 7) is 0.602. The van der Waals surface area contributed by atoms with Gasteiger partial charge < -0.3 is 4.90 Å². The molecule has 0 N–H and O–H groups in total. The Kier molecular flexibility index (Phi) is 4.57. The second kappa shape index (κ2) is 6.48. The van der Waals surface area contributed by atoms with Gasteiger partial charge in [0.1, 0.15) is 0 Å². The molecule has 1 fully saturated rings. The van der Waals surface area contributed by atoms with Crippen LogP contribution in [0.2, 0.25) is 0 Å². The summed E-state index contributed by atoms with van der Waals surface area (Å²) in [5.41, 5.74) is 1.84. The highest BCUT2D eigenvalue weighted by atomic mass is 79.9. The predicted molar refractivity (Wildman–Crippen MR) is 94.0 cm³/mol. The molecule has 2 aromatic rings. The Hall–Kier alpha value is -1.62. The molecular weight excluding hydrogens is 354 g/mol. The molecule has 1 heterocycles. The molecule has 3 rings (SSSR count). The lowest BCUT2D eigenvalue weighted by Gasteiger charge is -2.33. The number of carbonyl (C=O) groups excluding carboxylic acids is 1. The first kappa shape index (κ1) is 16.2. The van der Waals surface area contributed by atoms with Crippen LogP contribution in [0.5, 0.6) is 0 Å². The van der Waals surface area contributed by atoms with Crippen molar-refractivity contribution < 1.29 is 4.79 Å². The summed E-state index contributed by atoms with van der Waals surface area (Å²) >= 11 is 3.48. The molecule has 1 saturated carbocycles. The molecule has 1 aromatic heterocycles. The average Bonchev–Trinajstić information content (AvgIpc) is 3.17. The van der Waals surface area contributed by atoms with Crippen molar-refractivity contribution in [1.29, 1.82) is 0 Å². The van der Waals surface area contributed by atoms with Crippen molar-refractivity contribution in [3.63, 3.8) is 0 Å². The third kappa shape index (κ3) is 3.20. The zero-order chi connectivity index (χ0) is 16.4. The zero-order valence-electron chi connectivity index (χ0n) is 13.6. The quantitative estimate of drug-likeness (QED) is 0.817. The molecule has 4 nitrogen and oxygen atoms in total. The monoisotopic (exact) mass is 375 g/mol. The van der Waals surface area contributed by atoms with Crippen molar-refractivity contribution >= 4 is 21.8 Å². The fourth-order valence-corrected chi connectivity index (χ4v) is 3.90. The van der Waals surface area contributed by atoms with E-state index in [0.29, 0.717) is 6.54 Å². The standard InChI is InChI=1S/C18H22BrN3O/c1-21(12-14-11-20-22(2)13-14)17(23)18(9-3-4-10-18)15-5-7-16(19)8-6-15/h5-8,11,13H,3-4,9-10,12H2,1-2H3. The molecule has 1 aliphatic rings. The van der Waals surface area contributed by atoms with Crippen LogP contribution in [0.1, 0.15) is 36.8 Å². The molecule has 0 spiro atoms. The van der Waals surface area contributed by atoms with E-state index in [1.54, 1.807) is 4.68 Å².